The van der Waals surface area contributed by atoms with Gasteiger partial charge in [0.2, 0.25) is 0 Å². The van der Waals surface area contributed by atoms with Crippen LogP contribution < -0.4 is 0 Å². The van der Waals surface area contributed by atoms with E-state index in [0.717, 1.165) is 0 Å². The number of aliphatic carboxylic acids is 1. The van der Waals surface area contributed by atoms with E-state index in [1.165, 1.54) is 19.1 Å². The van der Waals surface area contributed by atoms with Crippen molar-refractivity contribution >= 4 is 28.7 Å². The van der Waals surface area contributed by atoms with Gasteiger partial charge in [-0.1, -0.05) is 30.8 Å². The van der Waals surface area contributed by atoms with E-state index in [1.807, 2.05) is 0 Å². The van der Waals surface area contributed by atoms with Crippen LogP contribution in [0.25, 0.3) is 10.8 Å². The Kier molecular flexibility index (Phi) is 8.21. The van der Waals surface area contributed by atoms with Crippen molar-refractivity contribution in [2.75, 3.05) is 0 Å². The number of benzene rings is 2. The minimum atomic E-state index is -1.13. The Labute approximate surface area is 139 Å². The van der Waals surface area contributed by atoms with Crippen LogP contribution in [0.2, 0.25) is 0 Å². The Balaban J connectivity index is 0.000000563. The molecule has 0 unspecified atom stereocenters. The first-order valence-corrected chi connectivity index (χ1v) is 6.62. The Morgan fingerprint density at radius 2 is 1.17 bits per heavy atom. The molecule has 0 fully saturated rings. The zero-order valence-corrected chi connectivity index (χ0v) is 13.2. The summed E-state index contributed by atoms with van der Waals surface area (Å²) in [7, 11) is 0. The molecular formula is C18H18O6. The quantitative estimate of drug-likeness (QED) is 0.584. The van der Waals surface area contributed by atoms with Crippen LogP contribution in [-0.4, -0.2) is 33.2 Å². The molecule has 0 amide bonds. The number of rotatable bonds is 3. The standard InChI is InChI=1S/C12H8O4.C4H6O2.C2H4/c13-11(14)8-5-1-3-7-4-2-6-9(10(7)8)12(15)16;1-3(2)4(5)6;1-2/h1-6H,(H,13,14)(H,15,16);1H2,2H3,(H,5,6);1-2H2. The van der Waals surface area contributed by atoms with E-state index in [9.17, 15) is 14.4 Å². The summed E-state index contributed by atoms with van der Waals surface area (Å²) >= 11 is 0. The molecule has 0 bridgehead atoms. The normalized spacial score (nSPS) is 8.88. The summed E-state index contributed by atoms with van der Waals surface area (Å²) < 4.78 is 0. The van der Waals surface area contributed by atoms with E-state index in [0.29, 0.717) is 5.39 Å². The first kappa shape index (κ1) is 20.6. The second kappa shape index (κ2) is 9.58. The molecule has 3 N–H and O–H groups in total. The number of aromatic carboxylic acids is 2. The molecule has 0 radical (unpaired) electrons. The lowest BCUT2D eigenvalue weighted by molar-refractivity contribution is -0.132. The lowest BCUT2D eigenvalue weighted by Gasteiger charge is -2.05. The van der Waals surface area contributed by atoms with Gasteiger partial charge in [-0.3, -0.25) is 0 Å². The SMILES string of the molecule is C=C.C=C(C)C(=O)O.O=C(O)c1cccc2cccc(C(=O)O)c12. The molecule has 6 heteroatoms. The van der Waals surface area contributed by atoms with Gasteiger partial charge in [-0.2, -0.15) is 0 Å². The summed E-state index contributed by atoms with van der Waals surface area (Å²) in [6, 6.07) is 9.37. The largest absolute Gasteiger partial charge is 0.478 e. The van der Waals surface area contributed by atoms with E-state index in [4.69, 9.17) is 15.3 Å². The van der Waals surface area contributed by atoms with Crippen LogP contribution in [0.3, 0.4) is 0 Å². The topological polar surface area (TPSA) is 112 Å². The molecular weight excluding hydrogens is 312 g/mol. The van der Waals surface area contributed by atoms with Gasteiger partial charge in [0, 0.05) is 11.0 Å². The number of hydrogen-bond donors (Lipinski definition) is 3. The first-order valence-electron chi connectivity index (χ1n) is 6.62. The number of carboxylic acid groups (broad SMARTS) is 3. The highest BCUT2D eigenvalue weighted by molar-refractivity contribution is 6.12. The smallest absolute Gasteiger partial charge is 0.336 e. The van der Waals surface area contributed by atoms with Crippen molar-refractivity contribution in [3.05, 3.63) is 72.8 Å². The van der Waals surface area contributed by atoms with E-state index in [2.05, 4.69) is 19.7 Å². The number of fused-ring (bicyclic) bond motifs is 1. The summed E-state index contributed by atoms with van der Waals surface area (Å²) in [6.45, 7) is 10.6. The van der Waals surface area contributed by atoms with Gasteiger partial charge >= 0.3 is 17.9 Å². The molecule has 0 aromatic heterocycles. The highest BCUT2D eigenvalue weighted by Crippen LogP contribution is 2.23. The molecule has 0 aliphatic heterocycles. The van der Waals surface area contributed by atoms with Crippen molar-refractivity contribution in [1.29, 1.82) is 0 Å². The summed E-state index contributed by atoms with van der Waals surface area (Å²) in [6.07, 6.45) is 0. The van der Waals surface area contributed by atoms with E-state index in [1.54, 1.807) is 24.3 Å². The highest BCUT2D eigenvalue weighted by atomic mass is 16.4. The maximum absolute atomic E-state index is 11.0. The molecule has 2 aromatic carbocycles. The van der Waals surface area contributed by atoms with Crippen LogP contribution in [0.5, 0.6) is 0 Å². The van der Waals surface area contributed by atoms with E-state index in [-0.39, 0.29) is 22.1 Å². The van der Waals surface area contributed by atoms with Crippen LogP contribution in [0, 0.1) is 0 Å². The van der Waals surface area contributed by atoms with Gasteiger partial charge in [0.05, 0.1) is 11.1 Å². The molecule has 0 aliphatic carbocycles. The fraction of sp³-hybridized carbons (Fsp3) is 0.0556. The van der Waals surface area contributed by atoms with Gasteiger partial charge in [0.15, 0.2) is 0 Å². The fourth-order valence-electron chi connectivity index (χ4n) is 1.70. The zero-order chi connectivity index (χ0) is 18.9. The average molecular weight is 330 g/mol. The van der Waals surface area contributed by atoms with Gasteiger partial charge in [-0.25, -0.2) is 14.4 Å². The molecule has 0 saturated carbocycles. The summed E-state index contributed by atoms with van der Waals surface area (Å²) in [5, 5.41) is 26.8. The second-order valence-electron chi connectivity index (χ2n) is 4.41. The van der Waals surface area contributed by atoms with Crippen molar-refractivity contribution in [3.8, 4) is 0 Å². The highest BCUT2D eigenvalue weighted by Gasteiger charge is 2.15. The molecule has 6 nitrogen and oxygen atoms in total. The Hall–Kier alpha value is -3.41. The Bertz CT molecular complexity index is 715. The van der Waals surface area contributed by atoms with Gasteiger partial charge in [-0.05, 0) is 24.4 Å². The van der Waals surface area contributed by atoms with E-state index < -0.39 is 17.9 Å². The minimum Gasteiger partial charge on any atom is -0.478 e. The summed E-state index contributed by atoms with van der Waals surface area (Å²) in [5.41, 5.74) is 0.195. The Morgan fingerprint density at radius 3 is 1.42 bits per heavy atom. The van der Waals surface area contributed by atoms with Crippen LogP contribution in [-0.2, 0) is 4.79 Å². The first-order chi connectivity index (χ1) is 11.3. The maximum atomic E-state index is 11.0. The predicted octanol–water partition coefficient (Wildman–Crippen LogP) is 3.69. The Morgan fingerprint density at radius 1 is 0.833 bits per heavy atom. The van der Waals surface area contributed by atoms with E-state index >= 15 is 0 Å². The van der Waals surface area contributed by atoms with Crippen molar-refractivity contribution in [1.82, 2.24) is 0 Å². The third-order valence-electron chi connectivity index (χ3n) is 2.73. The monoisotopic (exact) mass is 330 g/mol. The van der Waals surface area contributed by atoms with Crippen molar-refractivity contribution in [3.63, 3.8) is 0 Å². The molecule has 2 rings (SSSR count). The number of hydrogen-bond acceptors (Lipinski definition) is 3. The molecule has 24 heavy (non-hydrogen) atoms. The molecule has 0 spiro atoms. The zero-order valence-electron chi connectivity index (χ0n) is 13.2. The van der Waals surface area contributed by atoms with Gasteiger partial charge in [0.1, 0.15) is 0 Å². The summed E-state index contributed by atoms with van der Waals surface area (Å²) in [5.74, 6) is -3.19. The molecule has 0 atom stereocenters. The molecule has 0 aliphatic rings. The van der Waals surface area contributed by atoms with Gasteiger partial charge in [0.25, 0.3) is 0 Å². The molecule has 0 heterocycles. The second-order valence-corrected chi connectivity index (χ2v) is 4.41. The third-order valence-corrected chi connectivity index (χ3v) is 2.73. The average Bonchev–Trinajstić information content (AvgIpc) is 2.55. The van der Waals surface area contributed by atoms with Gasteiger partial charge in [-0.15, -0.1) is 13.2 Å². The summed E-state index contributed by atoms with van der Waals surface area (Å²) in [4.78, 5) is 31.6. The van der Waals surface area contributed by atoms with Crippen LogP contribution >= 0.6 is 0 Å². The van der Waals surface area contributed by atoms with Gasteiger partial charge < -0.3 is 15.3 Å². The van der Waals surface area contributed by atoms with Crippen molar-refractivity contribution in [2.24, 2.45) is 0 Å². The van der Waals surface area contributed by atoms with Crippen molar-refractivity contribution < 1.29 is 29.7 Å². The maximum Gasteiger partial charge on any atom is 0.336 e. The number of carboxylic acids is 3. The molecule has 2 aromatic rings. The van der Waals surface area contributed by atoms with Crippen LogP contribution in [0.1, 0.15) is 27.6 Å². The van der Waals surface area contributed by atoms with Crippen LogP contribution in [0.4, 0.5) is 0 Å². The number of carbonyl (C=O) groups is 3. The van der Waals surface area contributed by atoms with Crippen molar-refractivity contribution in [2.45, 2.75) is 6.92 Å². The fourth-order valence-corrected chi connectivity index (χ4v) is 1.70. The van der Waals surface area contributed by atoms with Crippen LogP contribution in [0.15, 0.2) is 61.7 Å². The minimum absolute atomic E-state index is 0.00972. The molecule has 126 valence electrons. The third kappa shape index (κ3) is 5.42. The predicted molar refractivity (Wildman–Crippen MR) is 91.6 cm³/mol. The lowest BCUT2D eigenvalue weighted by Crippen LogP contribution is -2.03. The molecule has 0 saturated heterocycles. The lowest BCUT2D eigenvalue weighted by atomic mass is 9.99.